The summed E-state index contributed by atoms with van der Waals surface area (Å²) in [6.07, 6.45) is 7.79. The van der Waals surface area contributed by atoms with Crippen LogP contribution in [0.2, 0.25) is 0 Å². The topological polar surface area (TPSA) is 35.5 Å². The van der Waals surface area contributed by atoms with Crippen LogP contribution in [0.25, 0.3) is 0 Å². The number of unbranched alkanes of at least 4 members (excludes halogenated alkanes) is 1. The minimum Gasteiger partial charge on any atom is -0.394 e. The predicted octanol–water partition coefficient (Wildman–Crippen LogP) is 2.64. The van der Waals surface area contributed by atoms with Gasteiger partial charge in [-0.15, -0.1) is 0 Å². The van der Waals surface area contributed by atoms with Crippen LogP contribution in [-0.4, -0.2) is 48.3 Å². The SMILES string of the molecule is CC(C)NC(C)(CO)CCCCN(C)CC1CCC1. The minimum atomic E-state index is -0.110. The van der Waals surface area contributed by atoms with Crippen LogP contribution in [0.4, 0.5) is 0 Å². The lowest BCUT2D eigenvalue weighted by Gasteiger charge is -2.32. The van der Waals surface area contributed by atoms with Gasteiger partial charge in [0.2, 0.25) is 0 Å². The van der Waals surface area contributed by atoms with Crippen molar-refractivity contribution < 1.29 is 5.11 Å². The van der Waals surface area contributed by atoms with Crippen LogP contribution in [0, 0.1) is 5.92 Å². The third kappa shape index (κ3) is 6.73. The van der Waals surface area contributed by atoms with E-state index in [1.165, 1.54) is 45.2 Å². The van der Waals surface area contributed by atoms with Crippen molar-refractivity contribution in [1.82, 2.24) is 10.2 Å². The number of hydrogen-bond acceptors (Lipinski definition) is 3. The number of hydrogen-bond donors (Lipinski definition) is 2. The van der Waals surface area contributed by atoms with Gasteiger partial charge >= 0.3 is 0 Å². The highest BCUT2D eigenvalue weighted by atomic mass is 16.3. The Hall–Kier alpha value is -0.120. The molecular weight excluding hydrogens is 236 g/mol. The van der Waals surface area contributed by atoms with Crippen LogP contribution in [0.5, 0.6) is 0 Å². The van der Waals surface area contributed by atoms with Crippen molar-refractivity contribution in [3.63, 3.8) is 0 Å². The second kappa shape index (κ2) is 8.23. The summed E-state index contributed by atoms with van der Waals surface area (Å²) < 4.78 is 0. The maximum Gasteiger partial charge on any atom is 0.0610 e. The van der Waals surface area contributed by atoms with Crippen LogP contribution in [-0.2, 0) is 0 Å². The van der Waals surface area contributed by atoms with E-state index in [1.807, 2.05) is 0 Å². The zero-order valence-corrected chi connectivity index (χ0v) is 13.4. The van der Waals surface area contributed by atoms with Gasteiger partial charge in [0.25, 0.3) is 0 Å². The van der Waals surface area contributed by atoms with Gasteiger partial charge in [0.1, 0.15) is 0 Å². The van der Waals surface area contributed by atoms with Crippen LogP contribution >= 0.6 is 0 Å². The van der Waals surface area contributed by atoms with E-state index in [1.54, 1.807) is 0 Å². The highest BCUT2D eigenvalue weighted by molar-refractivity contribution is 4.83. The summed E-state index contributed by atoms with van der Waals surface area (Å²) >= 11 is 0. The van der Waals surface area contributed by atoms with E-state index in [4.69, 9.17) is 0 Å². The molecule has 3 nitrogen and oxygen atoms in total. The van der Waals surface area contributed by atoms with E-state index in [0.717, 1.165) is 12.3 Å². The highest BCUT2D eigenvalue weighted by Gasteiger charge is 2.23. The van der Waals surface area contributed by atoms with Gasteiger partial charge in [-0.25, -0.2) is 0 Å². The van der Waals surface area contributed by atoms with E-state index < -0.39 is 0 Å². The second-order valence-corrected chi connectivity index (χ2v) is 7.03. The lowest BCUT2D eigenvalue weighted by atomic mass is 9.85. The standard InChI is InChI=1S/C16H34N2O/c1-14(2)17-16(3,13-19)10-5-6-11-18(4)12-15-8-7-9-15/h14-15,17,19H,5-13H2,1-4H3. The summed E-state index contributed by atoms with van der Waals surface area (Å²) in [6.45, 7) is 9.11. The number of nitrogens with zero attached hydrogens (tertiary/aromatic N) is 1. The molecule has 0 amide bonds. The second-order valence-electron chi connectivity index (χ2n) is 7.03. The summed E-state index contributed by atoms with van der Waals surface area (Å²) in [5.74, 6) is 0.968. The van der Waals surface area contributed by atoms with E-state index in [-0.39, 0.29) is 12.1 Å². The number of aliphatic hydroxyl groups is 1. The molecule has 2 N–H and O–H groups in total. The molecule has 1 aliphatic rings. The molecule has 0 spiro atoms. The van der Waals surface area contributed by atoms with Crippen LogP contribution < -0.4 is 5.32 Å². The van der Waals surface area contributed by atoms with Crippen LogP contribution in [0.15, 0.2) is 0 Å². The Labute approximate surface area is 119 Å². The summed E-state index contributed by atoms with van der Waals surface area (Å²) in [4.78, 5) is 2.48. The largest absolute Gasteiger partial charge is 0.394 e. The summed E-state index contributed by atoms with van der Waals surface area (Å²) in [7, 11) is 2.25. The van der Waals surface area contributed by atoms with Crippen LogP contribution in [0.3, 0.4) is 0 Å². The van der Waals surface area contributed by atoms with Crippen molar-refractivity contribution in [2.45, 2.75) is 70.9 Å². The highest BCUT2D eigenvalue weighted by Crippen LogP contribution is 2.26. The maximum atomic E-state index is 9.53. The fraction of sp³-hybridized carbons (Fsp3) is 1.00. The van der Waals surface area contributed by atoms with Crippen molar-refractivity contribution in [2.75, 3.05) is 26.7 Å². The van der Waals surface area contributed by atoms with Crippen molar-refractivity contribution in [3.05, 3.63) is 0 Å². The summed E-state index contributed by atoms with van der Waals surface area (Å²) in [5.41, 5.74) is -0.110. The quantitative estimate of drug-likeness (QED) is 0.599. The number of rotatable bonds is 10. The Balaban J connectivity index is 2.10. The molecule has 1 aliphatic carbocycles. The molecule has 3 heteroatoms. The molecule has 114 valence electrons. The fourth-order valence-corrected chi connectivity index (χ4v) is 3.00. The molecule has 0 aromatic carbocycles. The minimum absolute atomic E-state index is 0.110. The Morgan fingerprint density at radius 2 is 2.00 bits per heavy atom. The predicted molar refractivity (Wildman–Crippen MR) is 82.5 cm³/mol. The zero-order valence-electron chi connectivity index (χ0n) is 13.4. The first-order valence-corrected chi connectivity index (χ1v) is 8.02. The third-order valence-electron chi connectivity index (χ3n) is 4.30. The first-order valence-electron chi connectivity index (χ1n) is 8.02. The number of nitrogens with one attached hydrogen (secondary N) is 1. The first-order chi connectivity index (χ1) is 8.95. The van der Waals surface area contributed by atoms with Gasteiger partial charge in [-0.2, -0.15) is 0 Å². The van der Waals surface area contributed by atoms with E-state index in [9.17, 15) is 5.11 Å². The van der Waals surface area contributed by atoms with Gasteiger partial charge in [0, 0.05) is 18.1 Å². The van der Waals surface area contributed by atoms with E-state index >= 15 is 0 Å². The average molecular weight is 270 g/mol. The van der Waals surface area contributed by atoms with Crippen molar-refractivity contribution >= 4 is 0 Å². The molecule has 1 atom stereocenters. The molecule has 0 bridgehead atoms. The first kappa shape index (κ1) is 16.9. The Morgan fingerprint density at radius 1 is 1.32 bits per heavy atom. The maximum absolute atomic E-state index is 9.53. The molecule has 19 heavy (non-hydrogen) atoms. The molecule has 1 rings (SSSR count). The smallest absolute Gasteiger partial charge is 0.0610 e. The molecule has 0 radical (unpaired) electrons. The molecule has 1 saturated carbocycles. The van der Waals surface area contributed by atoms with E-state index in [2.05, 4.69) is 38.0 Å². The third-order valence-corrected chi connectivity index (χ3v) is 4.30. The fourth-order valence-electron chi connectivity index (χ4n) is 3.00. The van der Waals surface area contributed by atoms with Crippen molar-refractivity contribution in [2.24, 2.45) is 5.92 Å². The van der Waals surface area contributed by atoms with Gasteiger partial charge in [-0.1, -0.05) is 26.7 Å². The average Bonchev–Trinajstić information content (AvgIpc) is 2.29. The van der Waals surface area contributed by atoms with Crippen molar-refractivity contribution in [1.29, 1.82) is 0 Å². The molecule has 0 aliphatic heterocycles. The monoisotopic (exact) mass is 270 g/mol. The van der Waals surface area contributed by atoms with Gasteiger partial charge in [-0.3, -0.25) is 0 Å². The van der Waals surface area contributed by atoms with Gasteiger partial charge in [-0.05, 0) is 52.1 Å². The number of aliphatic hydroxyl groups excluding tert-OH is 1. The lowest BCUT2D eigenvalue weighted by Crippen LogP contribution is -2.49. The lowest BCUT2D eigenvalue weighted by molar-refractivity contribution is 0.151. The van der Waals surface area contributed by atoms with Gasteiger partial charge in [0.05, 0.1) is 6.61 Å². The summed E-state index contributed by atoms with van der Waals surface area (Å²) in [6, 6.07) is 0.429. The molecule has 1 fully saturated rings. The molecular formula is C16H34N2O. The van der Waals surface area contributed by atoms with Gasteiger partial charge < -0.3 is 15.3 Å². The van der Waals surface area contributed by atoms with Crippen molar-refractivity contribution in [3.8, 4) is 0 Å². The van der Waals surface area contributed by atoms with E-state index in [0.29, 0.717) is 6.04 Å². The Bertz CT molecular complexity index is 241. The molecule has 0 aromatic heterocycles. The Kier molecular flexibility index (Phi) is 7.33. The zero-order chi connectivity index (χ0) is 14.3. The molecule has 0 saturated heterocycles. The van der Waals surface area contributed by atoms with Crippen LogP contribution in [0.1, 0.15) is 59.3 Å². The van der Waals surface area contributed by atoms with Gasteiger partial charge in [0.15, 0.2) is 0 Å². The molecule has 0 heterocycles. The molecule has 0 aromatic rings. The summed E-state index contributed by atoms with van der Waals surface area (Å²) in [5, 5.41) is 13.0. The Morgan fingerprint density at radius 3 is 2.47 bits per heavy atom. The molecule has 1 unspecified atom stereocenters. The normalized spacial score (nSPS) is 19.7.